The van der Waals surface area contributed by atoms with E-state index in [4.69, 9.17) is 4.74 Å². The molecule has 0 unspecified atom stereocenters. The molecular formula is C14H26O3S. The fourth-order valence-electron chi connectivity index (χ4n) is 1.73. The van der Waals surface area contributed by atoms with Crippen LogP contribution < -0.4 is 0 Å². The number of hydrogen-bond donors (Lipinski definition) is 0. The molecule has 0 aromatic rings. The maximum Gasteiger partial charge on any atom is 0.306 e. The van der Waals surface area contributed by atoms with Crippen LogP contribution in [0.2, 0.25) is 0 Å². The van der Waals surface area contributed by atoms with Crippen LogP contribution in [0.1, 0.15) is 54.4 Å². The standard InChI is InChI=1S/C14H26O3S/c1-10(2)7-12(9-18-11(3)15)8-13(16)17-14(4,5)6/h10,12H,7-9H2,1-6H3/t12-/m1/s1. The largest absolute Gasteiger partial charge is 0.460 e. The summed E-state index contributed by atoms with van der Waals surface area (Å²) < 4.78 is 5.32. The zero-order valence-corrected chi connectivity index (χ0v) is 13.2. The maximum absolute atomic E-state index is 11.8. The molecule has 0 aliphatic carbocycles. The Labute approximate surface area is 115 Å². The van der Waals surface area contributed by atoms with Crippen LogP contribution in [0.15, 0.2) is 0 Å². The summed E-state index contributed by atoms with van der Waals surface area (Å²) in [5, 5.41) is 0.105. The van der Waals surface area contributed by atoms with E-state index in [1.165, 1.54) is 11.8 Å². The molecule has 0 spiro atoms. The van der Waals surface area contributed by atoms with E-state index in [1.54, 1.807) is 6.92 Å². The van der Waals surface area contributed by atoms with Crippen LogP contribution in [-0.4, -0.2) is 22.4 Å². The molecule has 0 radical (unpaired) electrons. The van der Waals surface area contributed by atoms with Gasteiger partial charge in [-0.1, -0.05) is 25.6 Å². The predicted octanol–water partition coefficient (Wildman–Crippen LogP) is 3.66. The Morgan fingerprint density at radius 1 is 1.22 bits per heavy atom. The van der Waals surface area contributed by atoms with Crippen molar-refractivity contribution in [1.82, 2.24) is 0 Å². The van der Waals surface area contributed by atoms with Crippen molar-refractivity contribution in [3.8, 4) is 0 Å². The molecule has 0 aromatic heterocycles. The van der Waals surface area contributed by atoms with Crippen molar-refractivity contribution in [2.75, 3.05) is 5.75 Å². The Bertz CT molecular complexity index is 279. The molecule has 0 saturated carbocycles. The zero-order valence-electron chi connectivity index (χ0n) is 12.4. The Balaban J connectivity index is 4.30. The Morgan fingerprint density at radius 2 is 1.78 bits per heavy atom. The monoisotopic (exact) mass is 274 g/mol. The molecule has 0 aromatic carbocycles. The van der Waals surface area contributed by atoms with Gasteiger partial charge in [0.05, 0.1) is 0 Å². The van der Waals surface area contributed by atoms with Gasteiger partial charge in [-0.25, -0.2) is 0 Å². The predicted molar refractivity (Wildman–Crippen MR) is 76.5 cm³/mol. The van der Waals surface area contributed by atoms with E-state index in [-0.39, 0.29) is 17.0 Å². The minimum Gasteiger partial charge on any atom is -0.460 e. The summed E-state index contributed by atoms with van der Waals surface area (Å²) in [5.41, 5.74) is -0.437. The van der Waals surface area contributed by atoms with Gasteiger partial charge < -0.3 is 4.74 Å². The molecular weight excluding hydrogens is 248 g/mol. The lowest BCUT2D eigenvalue weighted by molar-refractivity contribution is -0.155. The summed E-state index contributed by atoms with van der Waals surface area (Å²) in [7, 11) is 0. The summed E-state index contributed by atoms with van der Waals surface area (Å²) in [6.07, 6.45) is 1.34. The lowest BCUT2D eigenvalue weighted by atomic mass is 9.96. The van der Waals surface area contributed by atoms with Gasteiger partial charge in [0.2, 0.25) is 0 Å². The van der Waals surface area contributed by atoms with Gasteiger partial charge in [0, 0.05) is 19.1 Å². The molecule has 0 aliphatic heterocycles. The molecule has 0 amide bonds. The molecule has 0 saturated heterocycles. The van der Waals surface area contributed by atoms with E-state index in [0.717, 1.165) is 6.42 Å². The van der Waals surface area contributed by atoms with E-state index < -0.39 is 5.60 Å². The van der Waals surface area contributed by atoms with Crippen molar-refractivity contribution in [3.63, 3.8) is 0 Å². The topological polar surface area (TPSA) is 43.4 Å². The van der Waals surface area contributed by atoms with E-state index >= 15 is 0 Å². The summed E-state index contributed by atoms with van der Waals surface area (Å²) in [6, 6.07) is 0. The van der Waals surface area contributed by atoms with Crippen LogP contribution in [0.5, 0.6) is 0 Å². The normalized spacial score (nSPS) is 13.5. The molecule has 18 heavy (non-hydrogen) atoms. The fraction of sp³-hybridized carbons (Fsp3) is 0.857. The average Bonchev–Trinajstić information content (AvgIpc) is 2.09. The van der Waals surface area contributed by atoms with Gasteiger partial charge in [-0.15, -0.1) is 0 Å². The number of ether oxygens (including phenoxy) is 1. The smallest absolute Gasteiger partial charge is 0.306 e. The summed E-state index contributed by atoms with van der Waals surface area (Å²) in [6.45, 7) is 11.4. The summed E-state index contributed by atoms with van der Waals surface area (Å²) in [4.78, 5) is 22.8. The molecule has 106 valence electrons. The number of esters is 1. The molecule has 4 heteroatoms. The highest BCUT2D eigenvalue weighted by Gasteiger charge is 2.21. The minimum atomic E-state index is -0.437. The van der Waals surface area contributed by atoms with Crippen molar-refractivity contribution >= 4 is 22.8 Å². The first kappa shape index (κ1) is 17.5. The van der Waals surface area contributed by atoms with Crippen LogP contribution >= 0.6 is 11.8 Å². The van der Waals surface area contributed by atoms with Gasteiger partial charge in [-0.2, -0.15) is 0 Å². The lowest BCUT2D eigenvalue weighted by Gasteiger charge is -2.22. The summed E-state index contributed by atoms with van der Waals surface area (Å²) in [5.74, 6) is 1.27. The van der Waals surface area contributed by atoms with Gasteiger partial charge in [-0.05, 0) is 39.0 Å². The minimum absolute atomic E-state index is 0.105. The van der Waals surface area contributed by atoms with E-state index in [2.05, 4.69) is 13.8 Å². The highest BCUT2D eigenvalue weighted by Crippen LogP contribution is 2.22. The van der Waals surface area contributed by atoms with E-state index in [1.807, 2.05) is 20.8 Å². The number of rotatable bonds is 6. The van der Waals surface area contributed by atoms with Crippen LogP contribution in [-0.2, 0) is 14.3 Å². The van der Waals surface area contributed by atoms with Crippen LogP contribution in [0.4, 0.5) is 0 Å². The van der Waals surface area contributed by atoms with Crippen LogP contribution in [0.3, 0.4) is 0 Å². The molecule has 3 nitrogen and oxygen atoms in total. The second-order valence-corrected chi connectivity index (χ2v) is 7.29. The number of carbonyl (C=O) groups excluding carboxylic acids is 2. The average molecular weight is 274 g/mol. The molecule has 1 atom stereocenters. The van der Waals surface area contributed by atoms with Gasteiger partial charge in [-0.3, -0.25) is 9.59 Å². The molecule has 0 aliphatic rings. The molecule has 0 N–H and O–H groups in total. The van der Waals surface area contributed by atoms with Crippen molar-refractivity contribution in [3.05, 3.63) is 0 Å². The van der Waals surface area contributed by atoms with E-state index in [0.29, 0.717) is 18.1 Å². The number of carbonyl (C=O) groups is 2. The van der Waals surface area contributed by atoms with Gasteiger partial charge in [0.1, 0.15) is 5.60 Å². The van der Waals surface area contributed by atoms with Crippen LogP contribution in [0, 0.1) is 11.8 Å². The Hall–Kier alpha value is -0.510. The quantitative estimate of drug-likeness (QED) is 0.693. The Morgan fingerprint density at radius 3 is 2.17 bits per heavy atom. The third kappa shape index (κ3) is 10.6. The first-order chi connectivity index (χ1) is 8.10. The highest BCUT2D eigenvalue weighted by atomic mass is 32.2. The van der Waals surface area contributed by atoms with Gasteiger partial charge in [0.15, 0.2) is 5.12 Å². The second kappa shape index (κ2) is 7.82. The SMILES string of the molecule is CC(=O)SC[C@@H](CC(=O)OC(C)(C)C)CC(C)C. The third-order valence-electron chi connectivity index (χ3n) is 2.20. The number of hydrogen-bond acceptors (Lipinski definition) is 4. The zero-order chi connectivity index (χ0) is 14.3. The van der Waals surface area contributed by atoms with Gasteiger partial charge in [0.25, 0.3) is 0 Å². The van der Waals surface area contributed by atoms with Gasteiger partial charge >= 0.3 is 5.97 Å². The first-order valence-electron chi connectivity index (χ1n) is 6.45. The van der Waals surface area contributed by atoms with Crippen molar-refractivity contribution in [1.29, 1.82) is 0 Å². The lowest BCUT2D eigenvalue weighted by Crippen LogP contribution is -2.26. The highest BCUT2D eigenvalue weighted by molar-refractivity contribution is 8.13. The van der Waals surface area contributed by atoms with Crippen molar-refractivity contribution in [2.45, 2.75) is 60.0 Å². The maximum atomic E-state index is 11.8. The molecule has 0 heterocycles. The molecule has 0 fully saturated rings. The molecule has 0 bridgehead atoms. The second-order valence-electron chi connectivity index (χ2n) is 6.09. The third-order valence-corrected chi connectivity index (χ3v) is 3.25. The van der Waals surface area contributed by atoms with Crippen molar-refractivity contribution in [2.24, 2.45) is 11.8 Å². The summed E-state index contributed by atoms with van der Waals surface area (Å²) >= 11 is 1.29. The fourth-order valence-corrected chi connectivity index (χ4v) is 2.46. The first-order valence-corrected chi connectivity index (χ1v) is 7.44. The van der Waals surface area contributed by atoms with E-state index in [9.17, 15) is 9.59 Å². The van der Waals surface area contributed by atoms with Crippen LogP contribution in [0.25, 0.3) is 0 Å². The molecule has 0 rings (SSSR count). The number of thioether (sulfide) groups is 1. The Kier molecular flexibility index (Phi) is 7.60. The van der Waals surface area contributed by atoms with Crippen molar-refractivity contribution < 1.29 is 14.3 Å².